The molecule has 0 spiro atoms. The summed E-state index contributed by atoms with van der Waals surface area (Å²) in [4.78, 5) is 12.0. The van der Waals surface area contributed by atoms with Gasteiger partial charge in [0.15, 0.2) is 0 Å². The van der Waals surface area contributed by atoms with Gasteiger partial charge in [0, 0.05) is 16.8 Å². The van der Waals surface area contributed by atoms with E-state index in [2.05, 4.69) is 43.6 Å². The summed E-state index contributed by atoms with van der Waals surface area (Å²) in [5, 5.41) is 6.57. The second-order valence-corrected chi connectivity index (χ2v) is 7.59. The lowest BCUT2D eigenvalue weighted by molar-refractivity contribution is 0.252. The maximum Gasteiger partial charge on any atom is 0.279 e. The van der Waals surface area contributed by atoms with E-state index < -0.39 is 0 Å². The van der Waals surface area contributed by atoms with Gasteiger partial charge in [-0.15, -0.1) is 0 Å². The zero-order valence-electron chi connectivity index (χ0n) is 12.0. The highest BCUT2D eigenvalue weighted by Gasteiger charge is 2.24. The molecule has 0 aromatic heterocycles. The van der Waals surface area contributed by atoms with Gasteiger partial charge in [0.05, 0.1) is 0 Å². The van der Waals surface area contributed by atoms with Gasteiger partial charge in [-0.1, -0.05) is 44.7 Å². The molecule has 0 heterocycles. The number of hydrogen-bond acceptors (Lipinski definition) is 3. The van der Waals surface area contributed by atoms with Crippen LogP contribution in [0.4, 0.5) is 4.79 Å². The lowest BCUT2D eigenvalue weighted by atomic mass is 9.96. The summed E-state index contributed by atoms with van der Waals surface area (Å²) in [6, 6.07) is 0.577. The molecule has 1 amide bonds. The van der Waals surface area contributed by atoms with Gasteiger partial charge in [-0.3, -0.25) is 4.79 Å². The van der Waals surface area contributed by atoms with Crippen LogP contribution in [0, 0.1) is 0 Å². The highest BCUT2D eigenvalue weighted by atomic mass is 32.2. The fourth-order valence-corrected chi connectivity index (χ4v) is 2.91. The molecule has 3 nitrogen and oxygen atoms in total. The zero-order chi connectivity index (χ0) is 13.6. The molecule has 18 heavy (non-hydrogen) atoms. The van der Waals surface area contributed by atoms with E-state index in [1.54, 1.807) is 0 Å². The first-order chi connectivity index (χ1) is 8.42. The number of hydrogen-bond donors (Lipinski definition) is 2. The lowest BCUT2D eigenvalue weighted by Gasteiger charge is -2.29. The van der Waals surface area contributed by atoms with E-state index in [1.165, 1.54) is 18.2 Å². The molecule has 1 aliphatic carbocycles. The van der Waals surface area contributed by atoms with Crippen LogP contribution in [-0.4, -0.2) is 29.1 Å². The Labute approximate surface area is 115 Å². The van der Waals surface area contributed by atoms with Crippen LogP contribution >= 0.6 is 11.8 Å². The molecule has 0 radical (unpaired) electrons. The number of carbonyl (C=O) groups excluding carboxylic acids is 1. The van der Waals surface area contributed by atoms with Crippen LogP contribution in [0.15, 0.2) is 12.2 Å². The Morgan fingerprint density at radius 3 is 2.61 bits per heavy atom. The summed E-state index contributed by atoms with van der Waals surface area (Å²) < 4.78 is -0.0311. The summed E-state index contributed by atoms with van der Waals surface area (Å²) in [5.41, 5.74) is 0. The molecule has 1 aliphatic rings. The van der Waals surface area contributed by atoms with E-state index >= 15 is 0 Å². The van der Waals surface area contributed by atoms with E-state index in [-0.39, 0.29) is 16.0 Å². The predicted octanol–water partition coefficient (Wildman–Crippen LogP) is 3.31. The van der Waals surface area contributed by atoms with Crippen LogP contribution in [0.25, 0.3) is 0 Å². The minimum atomic E-state index is -0.0311. The number of likely N-dealkylation sites (N-methyl/N-ethyl adjacent to an activating group) is 1. The van der Waals surface area contributed by atoms with Crippen LogP contribution in [0.2, 0.25) is 0 Å². The monoisotopic (exact) mass is 270 g/mol. The van der Waals surface area contributed by atoms with E-state index in [1.807, 2.05) is 7.05 Å². The molecule has 2 N–H and O–H groups in total. The molecule has 4 heteroatoms. The number of thioether (sulfide) groups is 1. The lowest BCUT2D eigenvalue weighted by Crippen LogP contribution is -2.48. The summed E-state index contributed by atoms with van der Waals surface area (Å²) in [6.07, 6.45) is 8.78. The largest absolute Gasteiger partial charge is 0.342 e. The molecule has 0 saturated carbocycles. The summed E-state index contributed by atoms with van der Waals surface area (Å²) in [6.45, 7) is 6.18. The minimum Gasteiger partial charge on any atom is -0.342 e. The zero-order valence-corrected chi connectivity index (χ0v) is 12.8. The molecule has 2 atom stereocenters. The number of amides is 1. The topological polar surface area (TPSA) is 41.1 Å². The van der Waals surface area contributed by atoms with Gasteiger partial charge in [-0.2, -0.15) is 0 Å². The van der Waals surface area contributed by atoms with Crippen LogP contribution in [0.5, 0.6) is 0 Å². The third-order valence-electron chi connectivity index (χ3n) is 3.00. The first-order valence-corrected chi connectivity index (χ1v) is 7.56. The normalized spacial score (nSPS) is 27.1. The van der Waals surface area contributed by atoms with Crippen molar-refractivity contribution in [3.63, 3.8) is 0 Å². The molecule has 0 bridgehead atoms. The molecule has 0 saturated heterocycles. The van der Waals surface area contributed by atoms with Crippen molar-refractivity contribution >= 4 is 17.0 Å². The maximum absolute atomic E-state index is 12.0. The molecule has 0 unspecified atom stereocenters. The van der Waals surface area contributed by atoms with E-state index in [4.69, 9.17) is 0 Å². The third kappa shape index (κ3) is 5.91. The number of rotatable bonds is 2. The predicted molar refractivity (Wildman–Crippen MR) is 80.1 cm³/mol. The molecule has 0 aliphatic heterocycles. The van der Waals surface area contributed by atoms with Gasteiger partial charge >= 0.3 is 0 Å². The minimum absolute atomic E-state index is 0.0311. The Hall–Kier alpha value is -0.480. The first kappa shape index (κ1) is 15.6. The van der Waals surface area contributed by atoms with E-state index in [0.29, 0.717) is 6.04 Å². The van der Waals surface area contributed by atoms with Crippen molar-refractivity contribution < 1.29 is 4.79 Å². The summed E-state index contributed by atoms with van der Waals surface area (Å²) in [5.74, 6) is 0. The molecule has 0 aromatic rings. The van der Waals surface area contributed by atoms with Crippen LogP contribution in [0.1, 0.15) is 46.5 Å². The average Bonchev–Trinajstić information content (AvgIpc) is 2.20. The maximum atomic E-state index is 12.0. The van der Waals surface area contributed by atoms with Crippen molar-refractivity contribution in [3.05, 3.63) is 12.2 Å². The van der Waals surface area contributed by atoms with Crippen molar-refractivity contribution in [1.29, 1.82) is 0 Å². The average molecular weight is 270 g/mol. The van der Waals surface area contributed by atoms with Crippen molar-refractivity contribution in [2.75, 3.05) is 7.05 Å². The Morgan fingerprint density at radius 2 is 2.00 bits per heavy atom. The summed E-state index contributed by atoms with van der Waals surface area (Å²) in [7, 11) is 1.98. The SMILES string of the molecule is CN[C@@H]1CCC/C=C/C[C@@H]1NC(=O)SC(C)(C)C. The molecule has 0 aromatic carbocycles. The van der Waals surface area contributed by atoms with Crippen molar-refractivity contribution in [3.8, 4) is 0 Å². The molecule has 104 valence electrons. The fraction of sp³-hybridized carbons (Fsp3) is 0.786. The van der Waals surface area contributed by atoms with Gasteiger partial charge in [-0.25, -0.2) is 0 Å². The summed E-state index contributed by atoms with van der Waals surface area (Å²) >= 11 is 1.37. The Balaban J connectivity index is 2.57. The van der Waals surface area contributed by atoms with Gasteiger partial charge in [0.1, 0.15) is 0 Å². The Kier molecular flexibility index (Phi) is 6.22. The Morgan fingerprint density at radius 1 is 1.28 bits per heavy atom. The number of allylic oxidation sites excluding steroid dienone is 1. The highest BCUT2D eigenvalue weighted by molar-refractivity contribution is 8.14. The van der Waals surface area contributed by atoms with E-state index in [9.17, 15) is 4.79 Å². The van der Waals surface area contributed by atoms with Gasteiger partial charge < -0.3 is 10.6 Å². The second-order valence-electron chi connectivity index (χ2n) is 5.79. The van der Waals surface area contributed by atoms with Crippen LogP contribution in [-0.2, 0) is 0 Å². The van der Waals surface area contributed by atoms with Crippen LogP contribution < -0.4 is 10.6 Å². The standard InChI is InChI=1S/C14H26N2OS/c1-14(2,3)18-13(17)16-12-10-8-6-5-7-9-11(12)15-4/h6,8,11-12,15H,5,7,9-10H2,1-4H3,(H,16,17)/b8-6+/t11-,12+/m1/s1. The fourth-order valence-electron chi connectivity index (χ4n) is 2.15. The first-order valence-electron chi connectivity index (χ1n) is 6.74. The van der Waals surface area contributed by atoms with Gasteiger partial charge in [-0.05, 0) is 32.7 Å². The van der Waals surface area contributed by atoms with Crippen LogP contribution in [0.3, 0.4) is 0 Å². The quantitative estimate of drug-likeness (QED) is 0.756. The second kappa shape index (κ2) is 7.19. The number of carbonyl (C=O) groups is 1. The van der Waals surface area contributed by atoms with Crippen molar-refractivity contribution in [2.24, 2.45) is 0 Å². The number of nitrogens with one attached hydrogen (secondary N) is 2. The highest BCUT2D eigenvalue weighted by Crippen LogP contribution is 2.24. The molecular formula is C14H26N2OS. The van der Waals surface area contributed by atoms with Crippen molar-refractivity contribution in [1.82, 2.24) is 10.6 Å². The molecule has 0 fully saturated rings. The van der Waals surface area contributed by atoms with Crippen molar-refractivity contribution in [2.45, 2.75) is 63.3 Å². The Bertz CT molecular complexity index is 297. The molecule has 1 rings (SSSR count). The smallest absolute Gasteiger partial charge is 0.279 e. The van der Waals surface area contributed by atoms with Gasteiger partial charge in [0.25, 0.3) is 5.24 Å². The molecular weight excluding hydrogens is 244 g/mol. The third-order valence-corrected chi connectivity index (χ3v) is 3.92. The van der Waals surface area contributed by atoms with Gasteiger partial charge in [0.2, 0.25) is 0 Å². The van der Waals surface area contributed by atoms with E-state index in [0.717, 1.165) is 19.3 Å².